The van der Waals surface area contributed by atoms with Gasteiger partial charge in [-0.2, -0.15) is 0 Å². The average molecular weight is 405 g/mol. The molecular weight excluding hydrogens is 358 g/mol. The number of aliphatic hydroxyl groups excluding tert-OH is 1. The zero-order chi connectivity index (χ0) is 20.6. The molecule has 29 heavy (non-hydrogen) atoms. The Morgan fingerprint density at radius 1 is 1.03 bits per heavy atom. The van der Waals surface area contributed by atoms with Crippen LogP contribution in [0.4, 0.5) is 0 Å². The van der Waals surface area contributed by atoms with Crippen molar-refractivity contribution in [2.75, 3.05) is 0 Å². The summed E-state index contributed by atoms with van der Waals surface area (Å²) in [4.78, 5) is 0. The van der Waals surface area contributed by atoms with E-state index < -0.39 is 0 Å². The van der Waals surface area contributed by atoms with Crippen molar-refractivity contribution in [2.45, 2.75) is 123 Å². The monoisotopic (exact) mass is 404 g/mol. The molecule has 2 nitrogen and oxygen atoms in total. The van der Waals surface area contributed by atoms with Crippen molar-refractivity contribution in [1.29, 1.82) is 0 Å². The summed E-state index contributed by atoms with van der Waals surface area (Å²) < 4.78 is 6.51. The second-order valence-electron chi connectivity index (χ2n) is 13.0. The zero-order valence-electron chi connectivity index (χ0n) is 19.8. The summed E-state index contributed by atoms with van der Waals surface area (Å²) in [6.45, 7) is 12.6. The molecule has 0 aromatic carbocycles. The fourth-order valence-electron chi connectivity index (χ4n) is 9.68. The van der Waals surface area contributed by atoms with Crippen molar-refractivity contribution >= 4 is 0 Å². The molecule has 166 valence electrons. The van der Waals surface area contributed by atoms with E-state index in [1.54, 1.807) is 0 Å². The molecule has 0 bridgehead atoms. The molecule has 5 fully saturated rings. The minimum absolute atomic E-state index is 0.0434. The van der Waals surface area contributed by atoms with E-state index in [1.165, 1.54) is 57.8 Å². The minimum Gasteiger partial charge on any atom is -0.393 e. The highest BCUT2D eigenvalue weighted by Gasteiger charge is 2.76. The van der Waals surface area contributed by atoms with Gasteiger partial charge in [0.25, 0.3) is 0 Å². The maximum Gasteiger partial charge on any atom is 0.103 e. The van der Waals surface area contributed by atoms with Gasteiger partial charge < -0.3 is 9.84 Å². The van der Waals surface area contributed by atoms with E-state index in [9.17, 15) is 5.11 Å². The summed E-state index contributed by atoms with van der Waals surface area (Å²) >= 11 is 0. The number of fused-ring (bicyclic) bond motifs is 4. The first-order chi connectivity index (χ1) is 13.7. The summed E-state index contributed by atoms with van der Waals surface area (Å²) in [6.07, 6.45) is 14.8. The summed E-state index contributed by atoms with van der Waals surface area (Å²) in [5.41, 5.74) is 0.932. The molecule has 1 unspecified atom stereocenters. The number of epoxide rings is 1. The Labute approximate surface area is 179 Å². The lowest BCUT2D eigenvalue weighted by Gasteiger charge is -2.59. The highest BCUT2D eigenvalue weighted by Crippen LogP contribution is 2.74. The van der Waals surface area contributed by atoms with Crippen LogP contribution >= 0.6 is 0 Å². The molecule has 0 aromatic heterocycles. The Morgan fingerprint density at radius 2 is 1.83 bits per heavy atom. The van der Waals surface area contributed by atoms with Gasteiger partial charge in [0, 0.05) is 11.8 Å². The van der Waals surface area contributed by atoms with Crippen LogP contribution in [0, 0.1) is 46.3 Å². The molecule has 1 spiro atoms. The van der Waals surface area contributed by atoms with Crippen LogP contribution in [0.2, 0.25) is 0 Å². The average Bonchev–Trinajstić information content (AvgIpc) is 3.22. The van der Waals surface area contributed by atoms with E-state index in [2.05, 4.69) is 34.6 Å². The number of aliphatic hydroxyl groups is 1. The fourth-order valence-corrected chi connectivity index (χ4v) is 9.68. The molecule has 0 radical (unpaired) electrons. The molecular formula is C27H46O2. The van der Waals surface area contributed by atoms with Crippen molar-refractivity contribution in [3.05, 3.63) is 0 Å². The highest BCUT2D eigenvalue weighted by atomic mass is 16.6. The Bertz CT molecular complexity index is 630. The highest BCUT2D eigenvalue weighted by molar-refractivity contribution is 5.24. The van der Waals surface area contributed by atoms with Crippen LogP contribution in [0.3, 0.4) is 0 Å². The van der Waals surface area contributed by atoms with Crippen molar-refractivity contribution in [2.24, 2.45) is 46.3 Å². The summed E-state index contributed by atoms with van der Waals surface area (Å²) in [6, 6.07) is 0. The van der Waals surface area contributed by atoms with Crippen molar-refractivity contribution < 1.29 is 9.84 Å². The number of hydrogen-bond acceptors (Lipinski definition) is 2. The van der Waals surface area contributed by atoms with Crippen LogP contribution in [-0.4, -0.2) is 22.9 Å². The third-order valence-corrected chi connectivity index (χ3v) is 11.3. The molecule has 5 rings (SSSR count). The van der Waals surface area contributed by atoms with E-state index in [-0.39, 0.29) is 11.7 Å². The van der Waals surface area contributed by atoms with Gasteiger partial charge >= 0.3 is 0 Å². The lowest BCUT2D eigenvalue weighted by atomic mass is 9.45. The molecule has 4 saturated carbocycles. The number of hydrogen-bond donors (Lipinski definition) is 1. The van der Waals surface area contributed by atoms with Gasteiger partial charge in [0.1, 0.15) is 5.60 Å². The molecule has 2 heteroatoms. The van der Waals surface area contributed by atoms with Gasteiger partial charge in [-0.05, 0) is 85.9 Å². The Kier molecular flexibility index (Phi) is 4.99. The van der Waals surface area contributed by atoms with Gasteiger partial charge in [-0.3, -0.25) is 0 Å². The summed E-state index contributed by atoms with van der Waals surface area (Å²) in [7, 11) is 0. The summed E-state index contributed by atoms with van der Waals surface area (Å²) in [5.74, 6) is 5.31. The Hall–Kier alpha value is -0.0800. The maximum absolute atomic E-state index is 10.4. The van der Waals surface area contributed by atoms with Crippen LogP contribution in [0.1, 0.15) is 105 Å². The zero-order valence-corrected chi connectivity index (χ0v) is 19.8. The predicted molar refractivity (Wildman–Crippen MR) is 119 cm³/mol. The van der Waals surface area contributed by atoms with Crippen molar-refractivity contribution in [3.63, 3.8) is 0 Å². The molecule has 1 heterocycles. The first-order valence-electron chi connectivity index (χ1n) is 13.1. The molecule has 1 aliphatic heterocycles. The van der Waals surface area contributed by atoms with E-state index in [0.29, 0.717) is 16.9 Å². The minimum atomic E-state index is -0.124. The predicted octanol–water partition coefficient (Wildman–Crippen LogP) is 6.60. The van der Waals surface area contributed by atoms with Gasteiger partial charge in [-0.1, -0.05) is 53.9 Å². The van der Waals surface area contributed by atoms with Gasteiger partial charge in [-0.25, -0.2) is 0 Å². The smallest absolute Gasteiger partial charge is 0.103 e. The first-order valence-corrected chi connectivity index (χ1v) is 13.1. The third kappa shape index (κ3) is 2.94. The molecule has 0 amide bonds. The fraction of sp³-hybridized carbons (Fsp3) is 1.00. The Balaban J connectivity index is 1.33. The third-order valence-electron chi connectivity index (χ3n) is 11.3. The number of rotatable bonds is 5. The molecule has 0 aromatic rings. The first kappa shape index (κ1) is 20.8. The molecule has 10 atom stereocenters. The van der Waals surface area contributed by atoms with Crippen LogP contribution in [0.25, 0.3) is 0 Å². The lowest BCUT2D eigenvalue weighted by Crippen LogP contribution is -2.58. The molecule has 5 aliphatic rings. The topological polar surface area (TPSA) is 32.8 Å². The van der Waals surface area contributed by atoms with Gasteiger partial charge in [0.2, 0.25) is 0 Å². The SMILES string of the molecule is CC(C)CCC[C@@H](C)[C@H]1CC[C@H]2[C@@H]3C[C@H]4OC45C[14C@@H](O)CC[C@]5(C)[C@H]3CC[C@]12C. The van der Waals surface area contributed by atoms with E-state index in [0.717, 1.165) is 48.3 Å². The van der Waals surface area contributed by atoms with E-state index >= 15 is 0 Å². The van der Waals surface area contributed by atoms with Gasteiger partial charge in [0.15, 0.2) is 0 Å². The molecule has 4 aliphatic carbocycles. The van der Waals surface area contributed by atoms with Gasteiger partial charge in [0.05, 0.1) is 12.2 Å². The van der Waals surface area contributed by atoms with Crippen LogP contribution in [0.15, 0.2) is 0 Å². The normalized spacial score (nSPS) is 54.3. The quantitative estimate of drug-likeness (QED) is 0.524. The van der Waals surface area contributed by atoms with Crippen LogP contribution in [-0.2, 0) is 4.74 Å². The van der Waals surface area contributed by atoms with Crippen molar-refractivity contribution in [3.8, 4) is 0 Å². The largest absolute Gasteiger partial charge is 0.393 e. The molecule has 1 saturated heterocycles. The number of ether oxygens (including phenoxy) is 1. The van der Waals surface area contributed by atoms with Gasteiger partial charge in [-0.15, -0.1) is 0 Å². The summed E-state index contributed by atoms with van der Waals surface area (Å²) in [5, 5.41) is 10.4. The standard InChI is InChI=1S/C27H46O2/c1-17(2)7-6-8-18(3)21-9-10-22-20-15-24-27(29-24)16-19(28)11-14-26(27,5)23(20)12-13-25(21,22)4/h17-24,28H,6-16H2,1-5H3/t18-,19+,20+,21-,22+,23+,24-,25-,26-,27?/m1/s1/i19+2. The van der Waals surface area contributed by atoms with E-state index in [1.807, 2.05) is 0 Å². The van der Waals surface area contributed by atoms with Crippen LogP contribution in [0.5, 0.6) is 0 Å². The second-order valence-corrected chi connectivity index (χ2v) is 13.0. The molecule has 1 N–H and O–H groups in total. The second kappa shape index (κ2) is 6.96. The Morgan fingerprint density at radius 3 is 2.59 bits per heavy atom. The van der Waals surface area contributed by atoms with Crippen LogP contribution < -0.4 is 0 Å². The lowest BCUT2D eigenvalue weighted by molar-refractivity contribution is -0.116. The van der Waals surface area contributed by atoms with E-state index in [4.69, 9.17) is 4.74 Å². The van der Waals surface area contributed by atoms with Crippen molar-refractivity contribution in [1.82, 2.24) is 0 Å². The maximum atomic E-state index is 10.4.